The molecule has 4 rings (SSSR count). The summed E-state index contributed by atoms with van der Waals surface area (Å²) in [5.41, 5.74) is 0.888. The lowest BCUT2D eigenvalue weighted by Crippen LogP contribution is -2.24. The molecule has 1 heterocycles. The van der Waals surface area contributed by atoms with E-state index in [1.54, 1.807) is 53.1 Å². The number of amides is 1. The Labute approximate surface area is 174 Å². The van der Waals surface area contributed by atoms with E-state index in [4.69, 9.17) is 4.74 Å². The van der Waals surface area contributed by atoms with Gasteiger partial charge in [0.2, 0.25) is 0 Å². The number of para-hydroxylation sites is 2. The molecule has 1 amide bonds. The van der Waals surface area contributed by atoms with E-state index in [0.717, 1.165) is 12.1 Å². The average Bonchev–Trinajstić information content (AvgIpc) is 2.74. The molecule has 3 aromatic carbocycles. The summed E-state index contributed by atoms with van der Waals surface area (Å²) in [6.07, 6.45) is 0. The van der Waals surface area contributed by atoms with E-state index in [-0.39, 0.29) is 17.7 Å². The maximum absolute atomic E-state index is 13.2. The Balaban J connectivity index is 1.52. The van der Waals surface area contributed by atoms with Gasteiger partial charge in [0.25, 0.3) is 5.91 Å². The van der Waals surface area contributed by atoms with Crippen molar-refractivity contribution in [3.63, 3.8) is 0 Å². The summed E-state index contributed by atoms with van der Waals surface area (Å²) in [5, 5.41) is 3.18. The van der Waals surface area contributed by atoms with E-state index < -0.39 is 30.1 Å². The molecule has 0 unspecified atom stereocenters. The highest BCUT2D eigenvalue weighted by Gasteiger charge is 2.15. The molecule has 6 nitrogen and oxygen atoms in total. The predicted molar refractivity (Wildman–Crippen MR) is 112 cm³/mol. The van der Waals surface area contributed by atoms with Crippen LogP contribution in [0.1, 0.15) is 0 Å². The van der Waals surface area contributed by atoms with Crippen LogP contribution in [0, 0.1) is 11.6 Å². The quantitative estimate of drug-likeness (QED) is 0.394. The maximum atomic E-state index is 13.2. The van der Waals surface area contributed by atoms with Gasteiger partial charge in [-0.15, -0.1) is 0 Å². The van der Waals surface area contributed by atoms with Crippen molar-refractivity contribution < 1.29 is 23.1 Å². The molecule has 0 aliphatic carbocycles. The van der Waals surface area contributed by atoms with Gasteiger partial charge in [0.1, 0.15) is 18.2 Å². The molecule has 1 aromatic heterocycles. The van der Waals surface area contributed by atoms with Gasteiger partial charge in [-0.3, -0.25) is 14.4 Å². The van der Waals surface area contributed by atoms with Crippen molar-refractivity contribution >= 4 is 39.4 Å². The van der Waals surface area contributed by atoms with E-state index in [1.807, 2.05) is 0 Å². The van der Waals surface area contributed by atoms with Gasteiger partial charge in [0.15, 0.2) is 12.0 Å². The van der Waals surface area contributed by atoms with Crippen molar-refractivity contribution in [1.29, 1.82) is 0 Å². The minimum Gasteiger partial charge on any atom is -0.454 e. The molecule has 31 heavy (non-hydrogen) atoms. The Kier molecular flexibility index (Phi) is 5.44. The molecule has 0 saturated carbocycles. The van der Waals surface area contributed by atoms with Crippen LogP contribution in [0.4, 0.5) is 14.5 Å². The SMILES string of the molecule is O=C(COC(=O)Cn1c2ccccc2c(=O)c2ccccc21)Nc1cc(F)cc(F)c1. The lowest BCUT2D eigenvalue weighted by atomic mass is 10.1. The summed E-state index contributed by atoms with van der Waals surface area (Å²) in [6.45, 7) is -0.865. The molecule has 4 aromatic rings. The summed E-state index contributed by atoms with van der Waals surface area (Å²) in [4.78, 5) is 37.1. The first-order chi connectivity index (χ1) is 14.9. The molecule has 0 saturated heterocycles. The highest BCUT2D eigenvalue weighted by atomic mass is 19.1. The van der Waals surface area contributed by atoms with Gasteiger partial charge in [-0.2, -0.15) is 0 Å². The zero-order chi connectivity index (χ0) is 22.0. The fraction of sp³-hybridized carbons (Fsp3) is 0.0870. The average molecular weight is 422 g/mol. The van der Waals surface area contributed by atoms with Crippen LogP contribution >= 0.6 is 0 Å². The van der Waals surface area contributed by atoms with Crippen LogP contribution in [0.25, 0.3) is 21.8 Å². The molecule has 8 heteroatoms. The standard InChI is InChI=1S/C23H16F2N2O4/c24-14-9-15(25)11-16(10-14)26-21(28)13-31-22(29)12-27-19-7-3-1-5-17(19)23(30)18-6-2-4-8-20(18)27/h1-11H,12-13H2,(H,26,28). The summed E-state index contributed by atoms with van der Waals surface area (Å²) >= 11 is 0. The number of esters is 1. The number of ether oxygens (including phenoxy) is 1. The van der Waals surface area contributed by atoms with E-state index in [9.17, 15) is 23.2 Å². The van der Waals surface area contributed by atoms with Gasteiger partial charge in [-0.25, -0.2) is 8.78 Å². The molecule has 0 radical (unpaired) electrons. The van der Waals surface area contributed by atoms with Crippen molar-refractivity contribution in [2.45, 2.75) is 6.54 Å². The highest BCUT2D eigenvalue weighted by Crippen LogP contribution is 2.19. The second-order valence-corrected chi connectivity index (χ2v) is 6.82. The molecule has 0 aliphatic rings. The van der Waals surface area contributed by atoms with Gasteiger partial charge in [-0.05, 0) is 36.4 Å². The lowest BCUT2D eigenvalue weighted by Gasteiger charge is -2.14. The fourth-order valence-corrected chi connectivity index (χ4v) is 3.39. The van der Waals surface area contributed by atoms with Crippen molar-refractivity contribution in [2.75, 3.05) is 11.9 Å². The number of rotatable bonds is 5. The number of aromatic nitrogens is 1. The van der Waals surface area contributed by atoms with Crippen LogP contribution in [0.2, 0.25) is 0 Å². The first kappa shape index (κ1) is 20.2. The van der Waals surface area contributed by atoms with E-state index >= 15 is 0 Å². The largest absolute Gasteiger partial charge is 0.454 e. The van der Waals surface area contributed by atoms with Gasteiger partial charge in [0.05, 0.1) is 11.0 Å². The second kappa shape index (κ2) is 8.35. The van der Waals surface area contributed by atoms with Crippen LogP contribution in [0.15, 0.2) is 71.5 Å². The second-order valence-electron chi connectivity index (χ2n) is 6.82. The normalized spacial score (nSPS) is 10.9. The molecule has 0 bridgehead atoms. The first-order valence-corrected chi connectivity index (χ1v) is 9.34. The number of anilines is 1. The molecule has 0 spiro atoms. The van der Waals surface area contributed by atoms with Gasteiger partial charge < -0.3 is 14.6 Å². The molecular formula is C23H16F2N2O4. The Morgan fingerprint density at radius 2 is 1.42 bits per heavy atom. The summed E-state index contributed by atoms with van der Waals surface area (Å²) < 4.78 is 33.1. The van der Waals surface area contributed by atoms with Crippen LogP contribution in [0.3, 0.4) is 0 Å². The van der Waals surface area contributed by atoms with Crippen molar-refractivity contribution in [2.24, 2.45) is 0 Å². The Morgan fingerprint density at radius 3 is 2.00 bits per heavy atom. The van der Waals surface area contributed by atoms with E-state index in [0.29, 0.717) is 27.9 Å². The molecule has 0 atom stereocenters. The summed E-state index contributed by atoms with van der Waals surface area (Å²) in [6, 6.07) is 16.4. The Hall–Kier alpha value is -4.07. The van der Waals surface area contributed by atoms with Crippen molar-refractivity contribution in [1.82, 2.24) is 4.57 Å². The van der Waals surface area contributed by atoms with Crippen LogP contribution < -0.4 is 10.7 Å². The molecular weight excluding hydrogens is 406 g/mol. The number of hydrogen-bond donors (Lipinski definition) is 1. The van der Waals surface area contributed by atoms with Gasteiger partial charge in [-0.1, -0.05) is 24.3 Å². The number of carbonyl (C=O) groups excluding carboxylic acids is 2. The van der Waals surface area contributed by atoms with Crippen LogP contribution in [-0.4, -0.2) is 23.1 Å². The van der Waals surface area contributed by atoms with Crippen LogP contribution in [0.5, 0.6) is 0 Å². The number of benzene rings is 3. The third-order valence-electron chi connectivity index (χ3n) is 4.68. The number of hydrogen-bond acceptors (Lipinski definition) is 4. The molecule has 0 aliphatic heterocycles. The number of carbonyl (C=O) groups is 2. The van der Waals surface area contributed by atoms with Gasteiger partial charge >= 0.3 is 5.97 Å². The lowest BCUT2D eigenvalue weighted by molar-refractivity contribution is -0.147. The number of nitrogens with zero attached hydrogens (tertiary/aromatic N) is 1. The summed E-state index contributed by atoms with van der Waals surface area (Å²) in [5.74, 6) is -3.14. The number of pyridine rings is 1. The number of nitrogens with one attached hydrogen (secondary N) is 1. The number of halogens is 2. The van der Waals surface area contributed by atoms with E-state index in [1.165, 1.54) is 0 Å². The highest BCUT2D eigenvalue weighted by molar-refractivity contribution is 5.95. The fourth-order valence-electron chi connectivity index (χ4n) is 3.39. The topological polar surface area (TPSA) is 77.4 Å². The van der Waals surface area contributed by atoms with Crippen molar-refractivity contribution in [3.05, 3.63) is 88.6 Å². The number of fused-ring (bicyclic) bond motifs is 2. The maximum Gasteiger partial charge on any atom is 0.326 e. The third kappa shape index (κ3) is 4.28. The Bertz CT molecular complexity index is 1300. The van der Waals surface area contributed by atoms with Crippen molar-refractivity contribution in [3.8, 4) is 0 Å². The minimum absolute atomic E-state index is 0.0871. The zero-order valence-electron chi connectivity index (χ0n) is 16.1. The molecule has 0 fully saturated rings. The predicted octanol–water partition coefficient (Wildman–Crippen LogP) is 3.61. The smallest absolute Gasteiger partial charge is 0.326 e. The monoisotopic (exact) mass is 422 g/mol. The Morgan fingerprint density at radius 1 is 0.871 bits per heavy atom. The molecule has 1 N–H and O–H groups in total. The zero-order valence-corrected chi connectivity index (χ0v) is 16.1. The third-order valence-corrected chi connectivity index (χ3v) is 4.68. The minimum atomic E-state index is -0.843. The van der Waals surface area contributed by atoms with E-state index in [2.05, 4.69) is 5.32 Å². The first-order valence-electron chi connectivity index (χ1n) is 9.34. The summed E-state index contributed by atoms with van der Waals surface area (Å²) in [7, 11) is 0. The van der Waals surface area contributed by atoms with Gasteiger partial charge in [0, 0.05) is 22.5 Å². The molecule has 156 valence electrons. The van der Waals surface area contributed by atoms with Crippen LogP contribution in [-0.2, 0) is 20.9 Å².